The number of nitrogen functional groups attached to an aromatic ring is 1. The van der Waals surface area contributed by atoms with Crippen molar-refractivity contribution in [3.63, 3.8) is 0 Å². The van der Waals surface area contributed by atoms with Crippen LogP contribution in [0.2, 0.25) is 5.02 Å². The number of amides is 1. The lowest BCUT2D eigenvalue weighted by atomic mass is 9.99. The third kappa shape index (κ3) is 3.95. The van der Waals surface area contributed by atoms with Crippen LogP contribution in [0.3, 0.4) is 0 Å². The Morgan fingerprint density at radius 2 is 1.77 bits per heavy atom. The molecule has 2 aromatic heterocycles. The summed E-state index contributed by atoms with van der Waals surface area (Å²) in [5, 5.41) is 4.14. The first-order chi connectivity index (χ1) is 17.1. The number of halogens is 1. The number of rotatable bonds is 4. The van der Waals surface area contributed by atoms with E-state index in [1.165, 1.54) is 11.3 Å². The van der Waals surface area contributed by atoms with Gasteiger partial charge in [-0.2, -0.15) is 0 Å². The first-order valence-electron chi connectivity index (χ1n) is 10.8. The predicted molar refractivity (Wildman–Crippen MR) is 140 cm³/mol. The van der Waals surface area contributed by atoms with E-state index in [1.54, 1.807) is 24.3 Å². The fourth-order valence-electron chi connectivity index (χ4n) is 4.09. The molecule has 35 heavy (non-hydrogen) atoms. The van der Waals surface area contributed by atoms with Gasteiger partial charge in [-0.05, 0) is 47.5 Å². The Balaban J connectivity index is 1.52. The van der Waals surface area contributed by atoms with Crippen LogP contribution >= 0.6 is 22.9 Å². The van der Waals surface area contributed by atoms with Gasteiger partial charge in [-0.25, -0.2) is 4.98 Å². The maximum absolute atomic E-state index is 13.2. The number of benzene rings is 3. The lowest BCUT2D eigenvalue weighted by molar-refractivity contribution is 0.103. The summed E-state index contributed by atoms with van der Waals surface area (Å²) in [4.78, 5) is 19.1. The predicted octanol–water partition coefficient (Wildman–Crippen LogP) is 6.85. The molecule has 0 aliphatic carbocycles. The van der Waals surface area contributed by atoms with Crippen LogP contribution in [0.1, 0.15) is 9.67 Å². The zero-order valence-electron chi connectivity index (χ0n) is 18.2. The molecular formula is C27H18ClN3O3S. The number of nitrogens with zero attached hydrogens (tertiary/aromatic N) is 1. The highest BCUT2D eigenvalue weighted by Gasteiger charge is 2.23. The van der Waals surface area contributed by atoms with Crippen LogP contribution in [0.4, 0.5) is 11.4 Å². The molecule has 0 saturated heterocycles. The monoisotopic (exact) mass is 499 g/mol. The molecule has 172 valence electrons. The second-order valence-corrected chi connectivity index (χ2v) is 9.41. The van der Waals surface area contributed by atoms with Crippen molar-refractivity contribution in [2.24, 2.45) is 0 Å². The topological polar surface area (TPSA) is 86.5 Å². The van der Waals surface area contributed by atoms with Gasteiger partial charge in [0.2, 0.25) is 6.79 Å². The molecule has 1 amide bonds. The second kappa shape index (κ2) is 8.61. The second-order valence-electron chi connectivity index (χ2n) is 7.98. The smallest absolute Gasteiger partial charge is 0.267 e. The number of hydrogen-bond acceptors (Lipinski definition) is 6. The molecular weight excluding hydrogens is 482 g/mol. The average Bonchev–Trinajstić information content (AvgIpc) is 3.48. The highest BCUT2D eigenvalue weighted by atomic mass is 35.5. The molecule has 1 aliphatic heterocycles. The van der Waals surface area contributed by atoms with Crippen molar-refractivity contribution >= 4 is 50.4 Å². The first kappa shape index (κ1) is 21.5. The fourth-order valence-corrected chi connectivity index (χ4v) is 5.30. The van der Waals surface area contributed by atoms with Crippen LogP contribution in [-0.4, -0.2) is 17.7 Å². The van der Waals surface area contributed by atoms with E-state index in [9.17, 15) is 4.79 Å². The number of anilines is 2. The van der Waals surface area contributed by atoms with Gasteiger partial charge in [0.15, 0.2) is 11.5 Å². The lowest BCUT2D eigenvalue weighted by Gasteiger charge is -2.10. The van der Waals surface area contributed by atoms with E-state index in [-0.39, 0.29) is 12.7 Å². The molecule has 6 rings (SSSR count). The zero-order chi connectivity index (χ0) is 23.9. The number of nitrogens with two attached hydrogens (primary N) is 1. The molecule has 0 atom stereocenters. The van der Waals surface area contributed by atoms with Crippen molar-refractivity contribution in [3.8, 4) is 33.9 Å². The van der Waals surface area contributed by atoms with Crippen LogP contribution in [0.5, 0.6) is 11.5 Å². The van der Waals surface area contributed by atoms with Crippen LogP contribution < -0.4 is 20.5 Å². The van der Waals surface area contributed by atoms with E-state index in [2.05, 4.69) is 5.32 Å². The number of carbonyl (C=O) groups excluding carboxylic acids is 1. The summed E-state index contributed by atoms with van der Waals surface area (Å²) in [6.45, 7) is 0.189. The number of fused-ring (bicyclic) bond motifs is 2. The third-order valence-electron chi connectivity index (χ3n) is 5.74. The van der Waals surface area contributed by atoms with Crippen molar-refractivity contribution in [2.75, 3.05) is 17.8 Å². The maximum atomic E-state index is 13.2. The number of thiophene rings is 1. The average molecular weight is 500 g/mol. The molecule has 0 bridgehead atoms. The first-order valence-corrected chi connectivity index (χ1v) is 12.0. The highest BCUT2D eigenvalue weighted by molar-refractivity contribution is 7.21. The minimum absolute atomic E-state index is 0.189. The number of carbonyl (C=O) groups is 1. The summed E-state index contributed by atoms with van der Waals surface area (Å²) in [6, 6.07) is 24.6. The Bertz CT molecular complexity index is 1600. The van der Waals surface area contributed by atoms with Crippen molar-refractivity contribution in [3.05, 3.63) is 88.8 Å². The van der Waals surface area contributed by atoms with E-state index < -0.39 is 0 Å². The van der Waals surface area contributed by atoms with Gasteiger partial charge in [0.1, 0.15) is 9.71 Å². The van der Waals surface area contributed by atoms with Gasteiger partial charge >= 0.3 is 0 Å². The summed E-state index contributed by atoms with van der Waals surface area (Å²) in [6.07, 6.45) is 0. The van der Waals surface area contributed by atoms with E-state index in [0.717, 1.165) is 27.8 Å². The molecule has 3 N–H and O–H groups in total. The largest absolute Gasteiger partial charge is 0.454 e. The standard InChI is InChI=1S/C27H18ClN3O3S/c28-17-7-4-8-18(12-17)30-26(32)25-24(29)23-19(16-9-10-21-22(11-16)34-14-33-21)13-20(31-27(23)35-25)15-5-2-1-3-6-15/h1-13H,14,29H2,(H,30,32). The van der Waals surface area contributed by atoms with Gasteiger partial charge in [-0.1, -0.05) is 54.1 Å². The number of nitrogens with one attached hydrogen (secondary N) is 1. The number of aromatic nitrogens is 1. The van der Waals surface area contributed by atoms with Gasteiger partial charge in [-0.15, -0.1) is 11.3 Å². The number of hydrogen-bond donors (Lipinski definition) is 2. The van der Waals surface area contributed by atoms with Crippen molar-refractivity contribution in [1.82, 2.24) is 4.98 Å². The zero-order valence-corrected chi connectivity index (χ0v) is 19.8. The third-order valence-corrected chi connectivity index (χ3v) is 7.07. The van der Waals surface area contributed by atoms with Crippen molar-refractivity contribution in [2.45, 2.75) is 0 Å². The van der Waals surface area contributed by atoms with Gasteiger partial charge in [0.05, 0.1) is 11.4 Å². The van der Waals surface area contributed by atoms with E-state index >= 15 is 0 Å². The van der Waals surface area contributed by atoms with Crippen LogP contribution in [-0.2, 0) is 0 Å². The minimum Gasteiger partial charge on any atom is -0.454 e. The Kier molecular flexibility index (Phi) is 5.28. The molecule has 0 unspecified atom stereocenters. The minimum atomic E-state index is -0.314. The summed E-state index contributed by atoms with van der Waals surface area (Å²) < 4.78 is 11.1. The Morgan fingerprint density at radius 3 is 2.60 bits per heavy atom. The quantitative estimate of drug-likeness (QED) is 0.282. The van der Waals surface area contributed by atoms with Gasteiger partial charge in [0, 0.05) is 21.7 Å². The molecule has 0 spiro atoms. The Labute approximate surface area is 209 Å². The van der Waals surface area contributed by atoms with Gasteiger partial charge in [0.25, 0.3) is 5.91 Å². The summed E-state index contributed by atoms with van der Waals surface area (Å²) >= 11 is 7.33. The molecule has 0 saturated carbocycles. The number of ether oxygens (including phenoxy) is 2. The van der Waals surface area contributed by atoms with E-state index in [0.29, 0.717) is 37.6 Å². The van der Waals surface area contributed by atoms with Crippen LogP contribution in [0, 0.1) is 0 Å². The van der Waals surface area contributed by atoms with Gasteiger partial charge in [-0.3, -0.25) is 4.79 Å². The van der Waals surface area contributed by atoms with Crippen LogP contribution in [0.25, 0.3) is 32.6 Å². The van der Waals surface area contributed by atoms with Gasteiger partial charge < -0.3 is 20.5 Å². The molecule has 6 nitrogen and oxygen atoms in total. The SMILES string of the molecule is Nc1c(C(=O)Nc2cccc(Cl)c2)sc2nc(-c3ccccc3)cc(-c3ccc4c(c3)OCO4)c12. The normalized spacial score (nSPS) is 12.1. The number of pyridine rings is 1. The maximum Gasteiger partial charge on any atom is 0.267 e. The van der Waals surface area contributed by atoms with E-state index in [1.807, 2.05) is 54.6 Å². The highest BCUT2D eigenvalue weighted by Crippen LogP contribution is 2.44. The molecule has 0 radical (unpaired) electrons. The molecule has 3 aromatic carbocycles. The summed E-state index contributed by atoms with van der Waals surface area (Å²) in [5.74, 6) is 1.05. The van der Waals surface area contributed by atoms with Crippen LogP contribution in [0.15, 0.2) is 78.9 Å². The van der Waals surface area contributed by atoms with E-state index in [4.69, 9.17) is 31.8 Å². The molecule has 5 aromatic rings. The molecule has 8 heteroatoms. The fraction of sp³-hybridized carbons (Fsp3) is 0.0370. The summed E-state index contributed by atoms with van der Waals surface area (Å²) in [5.41, 5.74) is 11.1. The summed E-state index contributed by atoms with van der Waals surface area (Å²) in [7, 11) is 0. The van der Waals surface area contributed by atoms with Crippen molar-refractivity contribution < 1.29 is 14.3 Å². The molecule has 3 heterocycles. The Morgan fingerprint density at radius 1 is 0.943 bits per heavy atom. The Hall–Kier alpha value is -4.07. The lowest BCUT2D eigenvalue weighted by Crippen LogP contribution is -2.11. The molecule has 0 fully saturated rings. The van der Waals surface area contributed by atoms with Crippen molar-refractivity contribution in [1.29, 1.82) is 0 Å². The molecule has 1 aliphatic rings.